The third-order valence-electron chi connectivity index (χ3n) is 5.67. The third kappa shape index (κ3) is 3.91. The highest BCUT2D eigenvalue weighted by atomic mass is 32.1. The second-order valence-corrected chi connectivity index (χ2v) is 10.3. The van der Waals surface area contributed by atoms with Crippen LogP contribution >= 0.6 is 22.7 Å². The van der Waals surface area contributed by atoms with Gasteiger partial charge in [-0.2, -0.15) is 0 Å². The van der Waals surface area contributed by atoms with Gasteiger partial charge in [0, 0.05) is 44.3 Å². The van der Waals surface area contributed by atoms with Gasteiger partial charge in [-0.3, -0.25) is 4.79 Å². The number of aryl methyl sites for hydroxylation is 1. The number of thiophene rings is 2. The van der Waals surface area contributed by atoms with Crippen LogP contribution in [-0.4, -0.2) is 17.9 Å². The molecule has 0 bridgehead atoms. The van der Waals surface area contributed by atoms with Crippen LogP contribution in [0.4, 0.5) is 0 Å². The molecular weight excluding hydrogens is 414 g/mol. The summed E-state index contributed by atoms with van der Waals surface area (Å²) >= 11 is 3.37. The number of hydrogen-bond acceptors (Lipinski definition) is 6. The quantitative estimate of drug-likeness (QED) is 0.619. The number of carbonyl (C=O) groups is 2. The van der Waals surface area contributed by atoms with Gasteiger partial charge in [0.2, 0.25) is 0 Å². The number of hydrogen-bond donors (Lipinski definition) is 1. The van der Waals surface area contributed by atoms with Crippen LogP contribution in [0.15, 0.2) is 52.7 Å². The highest BCUT2D eigenvalue weighted by molar-refractivity contribution is 7.12. The zero-order valence-corrected chi connectivity index (χ0v) is 19.4. The first kappa shape index (κ1) is 21.1. The van der Waals surface area contributed by atoms with Gasteiger partial charge in [0.15, 0.2) is 0 Å². The zero-order valence-electron chi connectivity index (χ0n) is 17.7. The predicted octanol–water partition coefficient (Wildman–Crippen LogP) is 5.54. The van der Waals surface area contributed by atoms with E-state index in [1.54, 1.807) is 22.7 Å². The maximum absolute atomic E-state index is 13.4. The number of esters is 1. The van der Waals surface area contributed by atoms with E-state index in [4.69, 9.17) is 4.74 Å². The van der Waals surface area contributed by atoms with E-state index >= 15 is 0 Å². The molecule has 0 radical (unpaired) electrons. The molecule has 30 heavy (non-hydrogen) atoms. The molecule has 158 valence electrons. The molecule has 1 aliphatic carbocycles. The average Bonchev–Trinajstić information content (AvgIpc) is 3.38. The molecule has 0 fully saturated rings. The van der Waals surface area contributed by atoms with Crippen LogP contribution < -0.4 is 5.32 Å². The van der Waals surface area contributed by atoms with E-state index in [0.29, 0.717) is 12.0 Å². The van der Waals surface area contributed by atoms with Crippen molar-refractivity contribution in [1.29, 1.82) is 0 Å². The third-order valence-corrected chi connectivity index (χ3v) is 7.99. The van der Waals surface area contributed by atoms with Gasteiger partial charge in [0.1, 0.15) is 5.78 Å². The van der Waals surface area contributed by atoms with Gasteiger partial charge in [-0.05, 0) is 50.8 Å². The number of fused-ring (bicyclic) bond motifs is 1. The summed E-state index contributed by atoms with van der Waals surface area (Å²) in [6.07, 6.45) is 3.37. The molecule has 3 unspecified atom stereocenters. The normalized spacial score (nSPS) is 23.8. The van der Waals surface area contributed by atoms with Gasteiger partial charge in [-0.25, -0.2) is 4.79 Å². The van der Waals surface area contributed by atoms with E-state index < -0.39 is 0 Å². The van der Waals surface area contributed by atoms with E-state index in [9.17, 15) is 9.59 Å². The van der Waals surface area contributed by atoms with Crippen molar-refractivity contribution >= 4 is 34.4 Å². The van der Waals surface area contributed by atoms with Crippen molar-refractivity contribution in [2.24, 2.45) is 5.92 Å². The molecule has 2 aromatic rings. The van der Waals surface area contributed by atoms with Crippen molar-refractivity contribution in [2.45, 2.75) is 58.5 Å². The number of nitrogens with one attached hydrogen (secondary N) is 1. The second kappa shape index (κ2) is 8.52. The largest absolute Gasteiger partial charge is 0.460 e. The van der Waals surface area contributed by atoms with Gasteiger partial charge >= 0.3 is 5.97 Å². The Bertz CT molecular complexity index is 1010. The topological polar surface area (TPSA) is 55.4 Å². The van der Waals surface area contributed by atoms with Crippen molar-refractivity contribution in [3.8, 4) is 0 Å². The minimum absolute atomic E-state index is 0.0865. The van der Waals surface area contributed by atoms with Crippen LogP contribution in [0.1, 0.15) is 60.6 Å². The van der Waals surface area contributed by atoms with Crippen molar-refractivity contribution in [2.75, 3.05) is 0 Å². The molecule has 3 heterocycles. The second-order valence-electron chi connectivity index (χ2n) is 8.15. The van der Waals surface area contributed by atoms with Gasteiger partial charge in [0.25, 0.3) is 0 Å². The van der Waals surface area contributed by atoms with Crippen LogP contribution in [0.25, 0.3) is 0 Å². The number of Topliss-reactive ketones (excluding diaryl/α,β-unsaturated/α-hetero) is 1. The number of ketones is 1. The first-order chi connectivity index (χ1) is 14.4. The lowest BCUT2D eigenvalue weighted by molar-refractivity contribution is -0.143. The zero-order chi connectivity index (χ0) is 21.4. The fraction of sp³-hybridized carbons (Fsp3) is 0.417. The SMILES string of the molecule is CCc1ccc(C2C(C(=O)OC(C)C)=C(C)NC3=CC(c4cccs4)CC(=O)C32)s1. The summed E-state index contributed by atoms with van der Waals surface area (Å²) in [7, 11) is 0. The number of ether oxygens (including phenoxy) is 1. The van der Waals surface area contributed by atoms with Crippen molar-refractivity contribution in [3.63, 3.8) is 0 Å². The summed E-state index contributed by atoms with van der Waals surface area (Å²) in [6.45, 7) is 7.73. The summed E-state index contributed by atoms with van der Waals surface area (Å²) in [6, 6.07) is 8.29. The molecule has 4 rings (SSSR count). The average molecular weight is 442 g/mol. The molecule has 0 amide bonds. The summed E-state index contributed by atoms with van der Waals surface area (Å²) in [5, 5.41) is 5.44. The Kier molecular flexibility index (Phi) is 5.98. The van der Waals surface area contributed by atoms with Crippen LogP contribution in [-0.2, 0) is 20.7 Å². The molecule has 1 N–H and O–H groups in total. The number of rotatable bonds is 5. The summed E-state index contributed by atoms with van der Waals surface area (Å²) in [5.74, 6) is -0.743. The Morgan fingerprint density at radius 3 is 2.67 bits per heavy atom. The van der Waals surface area contributed by atoms with Gasteiger partial charge < -0.3 is 10.1 Å². The van der Waals surface area contributed by atoms with Crippen molar-refractivity contribution < 1.29 is 14.3 Å². The molecular formula is C24H27NO3S2. The Balaban J connectivity index is 1.81. The lowest BCUT2D eigenvalue weighted by atomic mass is 9.71. The molecule has 4 nitrogen and oxygen atoms in total. The monoisotopic (exact) mass is 441 g/mol. The van der Waals surface area contributed by atoms with Crippen LogP contribution in [0.2, 0.25) is 0 Å². The number of allylic oxidation sites excluding steroid dienone is 3. The highest BCUT2D eigenvalue weighted by Crippen LogP contribution is 2.48. The minimum Gasteiger partial charge on any atom is -0.460 e. The Morgan fingerprint density at radius 1 is 1.23 bits per heavy atom. The number of carbonyl (C=O) groups excluding carboxylic acids is 2. The molecule has 1 aliphatic heterocycles. The molecule has 3 atom stereocenters. The van der Waals surface area contributed by atoms with E-state index in [0.717, 1.165) is 22.7 Å². The molecule has 0 saturated carbocycles. The highest BCUT2D eigenvalue weighted by Gasteiger charge is 2.45. The molecule has 0 aromatic carbocycles. The van der Waals surface area contributed by atoms with Crippen LogP contribution in [0, 0.1) is 5.92 Å². The first-order valence-corrected chi connectivity index (χ1v) is 12.1. The van der Waals surface area contributed by atoms with E-state index in [2.05, 4.69) is 36.5 Å². The fourth-order valence-corrected chi connectivity index (χ4v) is 6.26. The predicted molar refractivity (Wildman–Crippen MR) is 122 cm³/mol. The standard InChI is InChI=1S/C24H27NO3S2/c1-5-16-8-9-20(30-16)23-21(24(27)28-13(2)3)14(4)25-17-11-15(12-18(26)22(17)23)19-7-6-10-29-19/h6-11,13,15,22-23,25H,5,12H2,1-4H3. The van der Waals surface area contributed by atoms with E-state index in [1.807, 2.05) is 32.2 Å². The maximum Gasteiger partial charge on any atom is 0.336 e. The Morgan fingerprint density at radius 2 is 2.03 bits per heavy atom. The Labute approximate surface area is 185 Å². The van der Waals surface area contributed by atoms with Gasteiger partial charge in [-0.1, -0.05) is 19.1 Å². The first-order valence-electron chi connectivity index (χ1n) is 10.4. The molecule has 2 aliphatic rings. The molecule has 0 spiro atoms. The van der Waals surface area contributed by atoms with Crippen molar-refractivity contribution in [3.05, 3.63) is 67.3 Å². The maximum atomic E-state index is 13.4. The Hall–Kier alpha value is -2.18. The van der Waals surface area contributed by atoms with Crippen LogP contribution in [0.3, 0.4) is 0 Å². The molecule has 6 heteroatoms. The lowest BCUT2D eigenvalue weighted by Crippen LogP contribution is -2.41. The molecule has 0 saturated heterocycles. The van der Waals surface area contributed by atoms with Crippen molar-refractivity contribution in [1.82, 2.24) is 5.32 Å². The summed E-state index contributed by atoms with van der Waals surface area (Å²) in [4.78, 5) is 30.0. The lowest BCUT2D eigenvalue weighted by Gasteiger charge is -2.39. The minimum atomic E-state index is -0.372. The molecule has 2 aromatic heterocycles. The summed E-state index contributed by atoms with van der Waals surface area (Å²) in [5.41, 5.74) is 2.28. The summed E-state index contributed by atoms with van der Waals surface area (Å²) < 4.78 is 5.58. The van der Waals surface area contributed by atoms with Gasteiger partial charge in [0.05, 0.1) is 17.6 Å². The smallest absolute Gasteiger partial charge is 0.336 e. The van der Waals surface area contributed by atoms with Gasteiger partial charge in [-0.15, -0.1) is 22.7 Å². The fourth-order valence-electron chi connectivity index (χ4n) is 4.37. The van der Waals surface area contributed by atoms with Crippen LogP contribution in [0.5, 0.6) is 0 Å². The van der Waals surface area contributed by atoms with E-state index in [-0.39, 0.29) is 35.6 Å². The van der Waals surface area contributed by atoms with E-state index in [1.165, 1.54) is 9.75 Å².